The van der Waals surface area contributed by atoms with Crippen molar-refractivity contribution in [2.75, 3.05) is 25.4 Å². The van der Waals surface area contributed by atoms with Crippen molar-refractivity contribution in [3.63, 3.8) is 0 Å². The van der Waals surface area contributed by atoms with Gasteiger partial charge < -0.3 is 9.42 Å². The summed E-state index contributed by atoms with van der Waals surface area (Å²) in [7, 11) is -3.53. The number of benzene rings is 2. The van der Waals surface area contributed by atoms with Crippen LogP contribution in [0.4, 0.5) is 0 Å². The fraction of sp³-hybridized carbons (Fsp3) is 0.417. The predicted octanol–water partition coefficient (Wildman–Crippen LogP) is 3.98. The first-order chi connectivity index (χ1) is 15.4. The minimum atomic E-state index is -3.53. The Morgan fingerprint density at radius 1 is 1.03 bits per heavy atom. The molecule has 0 saturated carbocycles. The molecule has 1 N–H and O–H groups in total. The molecular weight excluding hydrogens is 424 g/mol. The van der Waals surface area contributed by atoms with Gasteiger partial charge in [-0.15, -0.1) is 0 Å². The summed E-state index contributed by atoms with van der Waals surface area (Å²) in [4.78, 5) is 6.60. The Morgan fingerprint density at radius 2 is 1.72 bits per heavy atom. The molecule has 0 aliphatic rings. The molecular formula is C24H32N4O3S. The van der Waals surface area contributed by atoms with Crippen molar-refractivity contribution in [3.05, 3.63) is 71.6 Å². The van der Waals surface area contributed by atoms with Crippen LogP contribution in [0, 0.1) is 6.92 Å². The average Bonchev–Trinajstić information content (AvgIpc) is 3.28. The highest BCUT2D eigenvalue weighted by Crippen LogP contribution is 2.23. The average molecular weight is 457 g/mol. The van der Waals surface area contributed by atoms with E-state index in [4.69, 9.17) is 4.52 Å². The normalized spacial score (nSPS) is 12.9. The summed E-state index contributed by atoms with van der Waals surface area (Å²) >= 11 is 0. The SMILES string of the molecule is CCN(CC)CCS(=O)(=O)N[C@H](CCc1ccccc1)c1nc(-c2ccc(C)cc2)no1. The summed E-state index contributed by atoms with van der Waals surface area (Å²) in [5.74, 6) is 0.755. The van der Waals surface area contributed by atoms with Gasteiger partial charge in [-0.2, -0.15) is 4.98 Å². The minimum Gasteiger partial charge on any atom is -0.337 e. The molecule has 0 spiro atoms. The molecule has 1 atom stereocenters. The third-order valence-corrected chi connectivity index (χ3v) is 6.87. The standard InChI is InChI=1S/C24H32N4O3S/c1-4-28(5-2)17-18-32(29,30)27-22(16-13-20-9-7-6-8-10-20)24-25-23(26-31-24)21-14-11-19(3)12-15-21/h6-12,14-15,22,27H,4-5,13,16-18H2,1-3H3/t22-/m1/s1. The van der Waals surface area contributed by atoms with Gasteiger partial charge in [0.25, 0.3) is 0 Å². The van der Waals surface area contributed by atoms with Gasteiger partial charge >= 0.3 is 0 Å². The minimum absolute atomic E-state index is 0.0233. The zero-order chi connectivity index (χ0) is 23.0. The number of nitrogens with one attached hydrogen (secondary N) is 1. The van der Waals surface area contributed by atoms with E-state index in [0.29, 0.717) is 25.2 Å². The van der Waals surface area contributed by atoms with Crippen molar-refractivity contribution in [2.45, 2.75) is 39.7 Å². The van der Waals surface area contributed by atoms with Crippen LogP contribution in [-0.2, 0) is 16.4 Å². The number of sulfonamides is 1. The summed E-state index contributed by atoms with van der Waals surface area (Å²) in [5, 5.41) is 4.09. The number of hydrogen-bond acceptors (Lipinski definition) is 6. The fourth-order valence-electron chi connectivity index (χ4n) is 3.45. The van der Waals surface area contributed by atoms with Gasteiger partial charge in [0, 0.05) is 12.1 Å². The molecule has 0 unspecified atom stereocenters. The largest absolute Gasteiger partial charge is 0.337 e. The molecule has 0 bridgehead atoms. The smallest absolute Gasteiger partial charge is 0.245 e. The van der Waals surface area contributed by atoms with Crippen molar-refractivity contribution in [3.8, 4) is 11.4 Å². The van der Waals surface area contributed by atoms with Crippen molar-refractivity contribution in [1.82, 2.24) is 19.8 Å². The lowest BCUT2D eigenvalue weighted by molar-refractivity contribution is 0.319. The Morgan fingerprint density at radius 3 is 2.38 bits per heavy atom. The second-order valence-corrected chi connectivity index (χ2v) is 9.74. The van der Waals surface area contributed by atoms with Crippen LogP contribution >= 0.6 is 0 Å². The summed E-state index contributed by atoms with van der Waals surface area (Å²) in [6.07, 6.45) is 1.20. The van der Waals surface area contributed by atoms with E-state index in [1.54, 1.807) is 0 Å². The first-order valence-electron chi connectivity index (χ1n) is 11.1. The van der Waals surface area contributed by atoms with Gasteiger partial charge in [0.2, 0.25) is 21.7 Å². The van der Waals surface area contributed by atoms with Crippen LogP contribution in [0.5, 0.6) is 0 Å². The van der Waals surface area contributed by atoms with E-state index in [9.17, 15) is 8.42 Å². The molecule has 1 heterocycles. The molecule has 32 heavy (non-hydrogen) atoms. The molecule has 2 aromatic carbocycles. The molecule has 0 saturated heterocycles. The van der Waals surface area contributed by atoms with Crippen LogP contribution in [0.2, 0.25) is 0 Å². The van der Waals surface area contributed by atoms with Crippen LogP contribution in [0.3, 0.4) is 0 Å². The number of nitrogens with zero attached hydrogens (tertiary/aromatic N) is 3. The van der Waals surface area contributed by atoms with Crippen molar-refractivity contribution >= 4 is 10.0 Å². The van der Waals surface area contributed by atoms with Crippen LogP contribution in [0.15, 0.2) is 59.1 Å². The highest BCUT2D eigenvalue weighted by atomic mass is 32.2. The second kappa shape index (κ2) is 11.4. The number of aromatic nitrogens is 2. The third-order valence-electron chi connectivity index (χ3n) is 5.51. The van der Waals surface area contributed by atoms with Gasteiger partial charge in [0.1, 0.15) is 6.04 Å². The molecule has 0 amide bonds. The van der Waals surface area contributed by atoms with E-state index in [1.165, 1.54) is 0 Å². The number of aryl methyl sites for hydroxylation is 2. The van der Waals surface area contributed by atoms with Gasteiger partial charge in [-0.3, -0.25) is 0 Å². The van der Waals surface area contributed by atoms with Crippen LogP contribution < -0.4 is 4.72 Å². The molecule has 3 aromatic rings. The maximum atomic E-state index is 12.8. The van der Waals surface area contributed by atoms with E-state index < -0.39 is 16.1 Å². The molecule has 7 nitrogen and oxygen atoms in total. The Kier molecular flexibility index (Phi) is 8.55. The number of rotatable bonds is 12. The lowest BCUT2D eigenvalue weighted by Crippen LogP contribution is -2.36. The van der Waals surface area contributed by atoms with E-state index in [1.807, 2.05) is 75.4 Å². The summed E-state index contributed by atoms with van der Waals surface area (Å²) < 4.78 is 34.0. The van der Waals surface area contributed by atoms with E-state index >= 15 is 0 Å². The van der Waals surface area contributed by atoms with Crippen LogP contribution in [0.25, 0.3) is 11.4 Å². The summed E-state index contributed by atoms with van der Waals surface area (Å²) in [6, 6.07) is 17.2. The lowest BCUT2D eigenvalue weighted by atomic mass is 10.1. The molecule has 1 aromatic heterocycles. The topological polar surface area (TPSA) is 88.3 Å². The first-order valence-corrected chi connectivity index (χ1v) is 12.7. The summed E-state index contributed by atoms with van der Waals surface area (Å²) in [6.45, 7) is 8.17. The molecule has 3 rings (SSSR count). The molecule has 0 fully saturated rings. The molecule has 0 aliphatic carbocycles. The van der Waals surface area contributed by atoms with E-state index in [0.717, 1.165) is 29.8 Å². The van der Waals surface area contributed by atoms with Crippen molar-refractivity contribution in [1.29, 1.82) is 0 Å². The van der Waals surface area contributed by atoms with Gasteiger partial charge in [0.15, 0.2) is 0 Å². The van der Waals surface area contributed by atoms with Crippen molar-refractivity contribution < 1.29 is 12.9 Å². The molecule has 172 valence electrons. The Bertz CT molecular complexity index is 1060. The molecule has 8 heteroatoms. The molecule has 0 radical (unpaired) electrons. The van der Waals surface area contributed by atoms with Crippen LogP contribution in [-0.4, -0.2) is 48.8 Å². The van der Waals surface area contributed by atoms with E-state index in [2.05, 4.69) is 19.8 Å². The van der Waals surface area contributed by atoms with Crippen molar-refractivity contribution in [2.24, 2.45) is 0 Å². The highest BCUT2D eigenvalue weighted by Gasteiger charge is 2.25. The van der Waals surface area contributed by atoms with Gasteiger partial charge in [-0.1, -0.05) is 79.2 Å². The van der Waals surface area contributed by atoms with E-state index in [-0.39, 0.29) is 11.6 Å². The summed E-state index contributed by atoms with van der Waals surface area (Å²) in [5.41, 5.74) is 3.09. The molecule has 0 aliphatic heterocycles. The monoisotopic (exact) mass is 456 g/mol. The fourth-order valence-corrected chi connectivity index (χ4v) is 4.72. The zero-order valence-corrected chi connectivity index (χ0v) is 19.8. The maximum Gasteiger partial charge on any atom is 0.245 e. The predicted molar refractivity (Wildman–Crippen MR) is 127 cm³/mol. The highest BCUT2D eigenvalue weighted by molar-refractivity contribution is 7.89. The quantitative estimate of drug-likeness (QED) is 0.443. The Hall–Kier alpha value is -2.55. The third kappa shape index (κ3) is 6.98. The maximum absolute atomic E-state index is 12.8. The Labute approximate surface area is 190 Å². The van der Waals surface area contributed by atoms with Crippen LogP contribution in [0.1, 0.15) is 43.3 Å². The second-order valence-electron chi connectivity index (χ2n) is 7.86. The lowest BCUT2D eigenvalue weighted by Gasteiger charge is -2.20. The van der Waals surface area contributed by atoms with Gasteiger partial charge in [-0.25, -0.2) is 13.1 Å². The van der Waals surface area contributed by atoms with Gasteiger partial charge in [-0.05, 0) is 38.4 Å². The van der Waals surface area contributed by atoms with Gasteiger partial charge in [0.05, 0.1) is 5.75 Å². The zero-order valence-electron chi connectivity index (χ0n) is 19.0. The number of hydrogen-bond donors (Lipinski definition) is 1. The Balaban J connectivity index is 1.78. The first kappa shape index (κ1) is 24.1.